The van der Waals surface area contributed by atoms with Crippen LogP contribution >= 0.6 is 0 Å². The molecule has 110 valence electrons. The Morgan fingerprint density at radius 2 is 1.95 bits per heavy atom. The van der Waals surface area contributed by atoms with Gasteiger partial charge in [0.05, 0.1) is 0 Å². The molecule has 0 atom stereocenters. The summed E-state index contributed by atoms with van der Waals surface area (Å²) in [6.07, 6.45) is 7.05. The molecule has 2 N–H and O–H groups in total. The Morgan fingerprint density at radius 3 is 2.55 bits per heavy atom. The number of terminal acetylenes is 1. The van der Waals surface area contributed by atoms with Crippen LogP contribution in [-0.4, -0.2) is 10.2 Å². The van der Waals surface area contributed by atoms with Gasteiger partial charge in [-0.25, -0.2) is 4.39 Å². The summed E-state index contributed by atoms with van der Waals surface area (Å²) in [6.45, 7) is 5.08. The molecule has 0 aliphatic carbocycles. The summed E-state index contributed by atoms with van der Waals surface area (Å²) in [4.78, 5) is 0. The second-order valence-electron chi connectivity index (χ2n) is 4.82. The number of phenols is 1. The normalized spacial score (nSPS) is 11.0. The first-order valence-corrected chi connectivity index (χ1v) is 6.59. The second-order valence-corrected chi connectivity index (χ2v) is 4.82. The molecular weight excluding hydrogens is 279 g/mol. The number of aliphatic hydroxyl groups excluding tert-OH is 1. The predicted molar refractivity (Wildman–Crippen MR) is 86.9 cm³/mol. The zero-order valence-electron chi connectivity index (χ0n) is 12.1. The molecule has 22 heavy (non-hydrogen) atoms. The van der Waals surface area contributed by atoms with Crippen LogP contribution in [0.1, 0.15) is 18.1 Å². The van der Waals surface area contributed by atoms with Crippen LogP contribution in [0.5, 0.6) is 5.75 Å². The van der Waals surface area contributed by atoms with Crippen molar-refractivity contribution in [1.29, 1.82) is 0 Å². The van der Waals surface area contributed by atoms with Gasteiger partial charge in [0.2, 0.25) is 0 Å². The number of halogens is 1. The molecule has 2 aromatic rings. The maximum Gasteiger partial charge on any atom is 0.131 e. The van der Waals surface area contributed by atoms with Gasteiger partial charge in [-0.3, -0.25) is 0 Å². The third kappa shape index (κ3) is 2.87. The Hall–Kier alpha value is -2.99. The highest BCUT2D eigenvalue weighted by molar-refractivity contribution is 5.83. The molecule has 3 heteroatoms. The van der Waals surface area contributed by atoms with Gasteiger partial charge in [0.1, 0.15) is 17.3 Å². The third-order valence-corrected chi connectivity index (χ3v) is 3.34. The molecule has 0 amide bonds. The van der Waals surface area contributed by atoms with E-state index in [1.807, 2.05) is 0 Å². The molecule has 0 bridgehead atoms. The number of para-hydroxylation sites is 1. The minimum atomic E-state index is -0.511. The van der Waals surface area contributed by atoms with E-state index < -0.39 is 5.82 Å². The Balaban J connectivity index is 2.84. The van der Waals surface area contributed by atoms with Crippen molar-refractivity contribution in [2.45, 2.75) is 6.92 Å². The van der Waals surface area contributed by atoms with Crippen molar-refractivity contribution in [3.63, 3.8) is 0 Å². The molecule has 2 rings (SSSR count). The fourth-order valence-corrected chi connectivity index (χ4v) is 2.13. The van der Waals surface area contributed by atoms with Gasteiger partial charge in [-0.1, -0.05) is 30.7 Å². The molecule has 0 aromatic heterocycles. The lowest BCUT2D eigenvalue weighted by molar-refractivity contribution is 0.427. The Kier molecular flexibility index (Phi) is 4.33. The fraction of sp³-hybridized carbons (Fsp3) is 0.0526. The highest BCUT2D eigenvalue weighted by Crippen LogP contribution is 2.36. The van der Waals surface area contributed by atoms with Crippen molar-refractivity contribution in [3.05, 3.63) is 71.3 Å². The van der Waals surface area contributed by atoms with Gasteiger partial charge in [-0.05, 0) is 36.8 Å². The first kappa shape index (κ1) is 15.4. The number of hydrogen-bond donors (Lipinski definition) is 2. The summed E-state index contributed by atoms with van der Waals surface area (Å²) in [6, 6.07) is 9.17. The molecule has 0 aliphatic rings. The van der Waals surface area contributed by atoms with Gasteiger partial charge in [0.25, 0.3) is 0 Å². The highest BCUT2D eigenvalue weighted by atomic mass is 19.1. The quantitative estimate of drug-likeness (QED) is 0.491. The fourth-order valence-electron chi connectivity index (χ4n) is 2.13. The van der Waals surface area contributed by atoms with Gasteiger partial charge in [-0.2, -0.15) is 0 Å². The Morgan fingerprint density at radius 1 is 1.27 bits per heavy atom. The van der Waals surface area contributed by atoms with E-state index in [4.69, 9.17) is 6.42 Å². The minimum absolute atomic E-state index is 0.0503. The van der Waals surface area contributed by atoms with Crippen molar-refractivity contribution in [1.82, 2.24) is 0 Å². The summed E-state index contributed by atoms with van der Waals surface area (Å²) in [7, 11) is 0. The van der Waals surface area contributed by atoms with E-state index in [1.54, 1.807) is 31.2 Å². The molecular formula is C19H15FO2. The lowest BCUT2D eigenvalue weighted by Gasteiger charge is -2.13. The van der Waals surface area contributed by atoms with Crippen LogP contribution in [0.15, 0.2) is 54.3 Å². The molecule has 2 nitrogen and oxygen atoms in total. The SMILES string of the molecule is C#Cc1ccc(F)c(-c2ccccc2O)c1/C=C(\C)C(=C)O. The summed E-state index contributed by atoms with van der Waals surface area (Å²) < 4.78 is 14.4. The van der Waals surface area contributed by atoms with E-state index >= 15 is 0 Å². The third-order valence-electron chi connectivity index (χ3n) is 3.34. The van der Waals surface area contributed by atoms with Gasteiger partial charge < -0.3 is 10.2 Å². The zero-order chi connectivity index (χ0) is 16.3. The lowest BCUT2D eigenvalue weighted by atomic mass is 9.93. The van der Waals surface area contributed by atoms with Gasteiger partial charge in [0, 0.05) is 22.3 Å². The monoisotopic (exact) mass is 294 g/mol. The maximum absolute atomic E-state index is 14.4. The number of aromatic hydroxyl groups is 1. The van der Waals surface area contributed by atoms with Crippen LogP contribution in [0.25, 0.3) is 17.2 Å². The predicted octanol–water partition coefficient (Wildman–Crippen LogP) is 4.65. The first-order valence-electron chi connectivity index (χ1n) is 6.59. The number of hydrogen-bond acceptors (Lipinski definition) is 2. The summed E-state index contributed by atoms with van der Waals surface area (Å²) in [5, 5.41) is 19.5. The highest BCUT2D eigenvalue weighted by Gasteiger charge is 2.16. The number of rotatable bonds is 3. The topological polar surface area (TPSA) is 40.5 Å². The number of phenolic OH excluding ortho intramolecular Hbond substituents is 1. The van der Waals surface area contributed by atoms with Crippen molar-refractivity contribution in [2.75, 3.05) is 0 Å². The average Bonchev–Trinajstić information content (AvgIpc) is 2.49. The van der Waals surface area contributed by atoms with Gasteiger partial charge >= 0.3 is 0 Å². The largest absolute Gasteiger partial charge is 0.508 e. The summed E-state index contributed by atoms with van der Waals surface area (Å²) >= 11 is 0. The molecule has 0 radical (unpaired) electrons. The summed E-state index contributed by atoms with van der Waals surface area (Å²) in [5.74, 6) is 1.80. The van der Waals surface area contributed by atoms with Crippen molar-refractivity contribution in [3.8, 4) is 29.2 Å². The minimum Gasteiger partial charge on any atom is -0.508 e. The van der Waals surface area contributed by atoms with E-state index in [9.17, 15) is 14.6 Å². The van der Waals surface area contributed by atoms with Gasteiger partial charge in [-0.15, -0.1) is 6.42 Å². The van der Waals surface area contributed by atoms with E-state index in [0.29, 0.717) is 22.3 Å². The molecule has 0 unspecified atom stereocenters. The molecule has 0 aliphatic heterocycles. The van der Waals surface area contributed by atoms with Crippen LogP contribution in [0.3, 0.4) is 0 Å². The second kappa shape index (κ2) is 6.19. The van der Waals surface area contributed by atoms with E-state index in [-0.39, 0.29) is 17.1 Å². The summed E-state index contributed by atoms with van der Waals surface area (Å²) in [5.41, 5.74) is 1.85. The Bertz CT molecular complexity index is 811. The molecule has 0 saturated heterocycles. The molecule has 0 spiro atoms. The van der Waals surface area contributed by atoms with Crippen LogP contribution in [0.4, 0.5) is 4.39 Å². The Labute approximate surface area is 128 Å². The molecule has 0 saturated carbocycles. The van der Waals surface area contributed by atoms with E-state index in [0.717, 1.165) is 0 Å². The van der Waals surface area contributed by atoms with Crippen LogP contribution in [0, 0.1) is 18.2 Å². The number of allylic oxidation sites excluding steroid dienone is 1. The standard InChI is InChI=1S/C19H15FO2/c1-4-14-9-10-17(20)19(15-7-5-6-8-18(15)22)16(14)11-12(2)13(3)21/h1,5-11,21-22H,3H2,2H3/b12-11+. The van der Waals surface area contributed by atoms with Crippen molar-refractivity contribution in [2.24, 2.45) is 0 Å². The number of aliphatic hydroxyl groups is 1. The van der Waals surface area contributed by atoms with Crippen LogP contribution < -0.4 is 0 Å². The van der Waals surface area contributed by atoms with Crippen molar-refractivity contribution >= 4 is 6.08 Å². The van der Waals surface area contributed by atoms with Crippen LogP contribution in [-0.2, 0) is 0 Å². The smallest absolute Gasteiger partial charge is 0.131 e. The van der Waals surface area contributed by atoms with Gasteiger partial charge in [0.15, 0.2) is 0 Å². The molecule has 2 aromatic carbocycles. The van der Waals surface area contributed by atoms with Crippen molar-refractivity contribution < 1.29 is 14.6 Å². The molecule has 0 fully saturated rings. The van der Waals surface area contributed by atoms with E-state index in [1.165, 1.54) is 18.2 Å². The molecule has 0 heterocycles. The lowest BCUT2D eigenvalue weighted by Crippen LogP contribution is -1.95. The van der Waals surface area contributed by atoms with Crippen LogP contribution in [0.2, 0.25) is 0 Å². The average molecular weight is 294 g/mol. The first-order chi connectivity index (χ1) is 10.5. The number of benzene rings is 2. The maximum atomic E-state index is 14.4. The zero-order valence-corrected chi connectivity index (χ0v) is 12.1. The van der Waals surface area contributed by atoms with E-state index in [2.05, 4.69) is 12.5 Å².